The number of benzene rings is 1. The average molecular weight is 305 g/mol. The Hall–Kier alpha value is -1.76. The van der Waals surface area contributed by atoms with Crippen LogP contribution in [-0.4, -0.2) is 11.1 Å². The molecule has 1 aromatic carbocycles. The molecule has 2 nitrogen and oxygen atoms in total. The number of rotatable bonds is 4. The normalized spacial score (nSPS) is 12.9. The number of fused-ring (bicyclic) bond motifs is 1. The van der Waals surface area contributed by atoms with Gasteiger partial charge in [-0.15, -0.1) is 0 Å². The highest BCUT2D eigenvalue weighted by Gasteiger charge is 2.34. The fourth-order valence-corrected chi connectivity index (χ4v) is 1.80. The Kier molecular flexibility index (Phi) is 4.13. The van der Waals surface area contributed by atoms with Crippen LogP contribution in [0.25, 0.3) is 10.9 Å². The van der Waals surface area contributed by atoms with E-state index in [9.17, 15) is 22.0 Å². The molecule has 0 aliphatic heterocycles. The van der Waals surface area contributed by atoms with Gasteiger partial charge in [-0.3, -0.25) is 0 Å². The summed E-state index contributed by atoms with van der Waals surface area (Å²) < 4.78 is 69.0. The molecule has 0 radical (unpaired) electrons. The van der Waals surface area contributed by atoms with Gasteiger partial charge in [0.2, 0.25) is 0 Å². The lowest BCUT2D eigenvalue weighted by molar-refractivity contribution is -0.246. The molecule has 0 fully saturated rings. The summed E-state index contributed by atoms with van der Waals surface area (Å²) >= 11 is 0. The van der Waals surface area contributed by atoms with Crippen molar-refractivity contribution in [1.82, 2.24) is 4.98 Å². The van der Waals surface area contributed by atoms with Crippen LogP contribution in [0.1, 0.15) is 24.6 Å². The maximum absolute atomic E-state index is 13.1. The zero-order chi connectivity index (χ0) is 15.7. The van der Waals surface area contributed by atoms with E-state index in [1.54, 1.807) is 6.07 Å². The van der Waals surface area contributed by atoms with Gasteiger partial charge in [0.15, 0.2) is 0 Å². The van der Waals surface area contributed by atoms with Crippen LogP contribution in [0.3, 0.4) is 0 Å². The SMILES string of the molecule is CCC(F)(F)OCc1cc(C(F)(F)F)nc2ccccc12. The number of pyridine rings is 1. The van der Waals surface area contributed by atoms with Crippen LogP contribution >= 0.6 is 0 Å². The lowest BCUT2D eigenvalue weighted by Crippen LogP contribution is -2.19. The van der Waals surface area contributed by atoms with Crippen molar-refractivity contribution in [2.24, 2.45) is 0 Å². The van der Waals surface area contributed by atoms with E-state index in [1.165, 1.54) is 25.1 Å². The van der Waals surface area contributed by atoms with Gasteiger partial charge in [0.1, 0.15) is 5.69 Å². The van der Waals surface area contributed by atoms with Crippen LogP contribution in [0, 0.1) is 0 Å². The van der Waals surface area contributed by atoms with Gasteiger partial charge in [-0.2, -0.15) is 22.0 Å². The topological polar surface area (TPSA) is 22.1 Å². The number of nitrogens with zero attached hydrogens (tertiary/aromatic N) is 1. The van der Waals surface area contributed by atoms with Crippen LogP contribution in [0.4, 0.5) is 22.0 Å². The lowest BCUT2D eigenvalue weighted by atomic mass is 10.1. The van der Waals surface area contributed by atoms with E-state index in [-0.39, 0.29) is 11.1 Å². The van der Waals surface area contributed by atoms with Gasteiger partial charge in [-0.25, -0.2) is 4.98 Å². The van der Waals surface area contributed by atoms with Crippen molar-refractivity contribution in [2.75, 3.05) is 0 Å². The molecule has 1 aromatic heterocycles. The fraction of sp³-hybridized carbons (Fsp3) is 0.357. The minimum atomic E-state index is -4.65. The second kappa shape index (κ2) is 5.55. The van der Waals surface area contributed by atoms with Crippen molar-refractivity contribution in [3.05, 3.63) is 41.6 Å². The van der Waals surface area contributed by atoms with Gasteiger partial charge >= 0.3 is 12.3 Å². The zero-order valence-electron chi connectivity index (χ0n) is 11.0. The molecule has 0 bridgehead atoms. The summed E-state index contributed by atoms with van der Waals surface area (Å²) in [6, 6.07) is 6.78. The maximum Gasteiger partial charge on any atom is 0.433 e. The second-order valence-corrected chi connectivity index (χ2v) is 4.46. The molecule has 1 heterocycles. The Labute approximate surface area is 117 Å². The molecule has 2 rings (SSSR count). The Balaban J connectivity index is 2.45. The highest BCUT2D eigenvalue weighted by atomic mass is 19.4. The third-order valence-corrected chi connectivity index (χ3v) is 2.94. The number of halogens is 5. The highest BCUT2D eigenvalue weighted by molar-refractivity contribution is 5.82. The number of ether oxygens (including phenoxy) is 1. The maximum atomic E-state index is 13.1. The Morgan fingerprint density at radius 3 is 2.38 bits per heavy atom. The van der Waals surface area contributed by atoms with Crippen molar-refractivity contribution in [3.8, 4) is 0 Å². The first-order valence-corrected chi connectivity index (χ1v) is 6.20. The molecular weight excluding hydrogens is 293 g/mol. The molecule has 0 N–H and O–H groups in total. The molecule has 21 heavy (non-hydrogen) atoms. The molecule has 7 heteroatoms. The minimum Gasteiger partial charge on any atom is -0.316 e. The van der Waals surface area contributed by atoms with Gasteiger partial charge in [0.25, 0.3) is 0 Å². The predicted octanol–water partition coefficient (Wildman–Crippen LogP) is 4.77. The minimum absolute atomic E-state index is 0.0288. The summed E-state index contributed by atoms with van der Waals surface area (Å²) in [5.74, 6) is 0. The van der Waals surface area contributed by atoms with Crippen LogP contribution in [0.2, 0.25) is 0 Å². The van der Waals surface area contributed by atoms with Crippen molar-refractivity contribution in [2.45, 2.75) is 32.2 Å². The summed E-state index contributed by atoms with van der Waals surface area (Å²) in [7, 11) is 0. The number of aromatic nitrogens is 1. The molecule has 0 amide bonds. The van der Waals surface area contributed by atoms with Crippen molar-refractivity contribution in [3.63, 3.8) is 0 Å². The number of para-hydroxylation sites is 1. The van der Waals surface area contributed by atoms with E-state index in [2.05, 4.69) is 9.72 Å². The average Bonchev–Trinajstić information content (AvgIpc) is 2.43. The Morgan fingerprint density at radius 2 is 1.76 bits per heavy atom. The third kappa shape index (κ3) is 3.66. The third-order valence-electron chi connectivity index (χ3n) is 2.94. The van der Waals surface area contributed by atoms with Crippen LogP contribution < -0.4 is 0 Å². The molecule has 0 saturated heterocycles. The van der Waals surface area contributed by atoms with Gasteiger partial charge < -0.3 is 4.74 Å². The van der Waals surface area contributed by atoms with Crippen LogP contribution in [0.15, 0.2) is 30.3 Å². The largest absolute Gasteiger partial charge is 0.433 e. The van der Waals surface area contributed by atoms with Crippen molar-refractivity contribution >= 4 is 10.9 Å². The number of hydrogen-bond donors (Lipinski definition) is 0. The second-order valence-electron chi connectivity index (χ2n) is 4.46. The molecule has 0 spiro atoms. The zero-order valence-corrected chi connectivity index (χ0v) is 11.0. The van der Waals surface area contributed by atoms with E-state index < -0.39 is 31.0 Å². The van der Waals surface area contributed by atoms with E-state index in [1.807, 2.05) is 0 Å². The van der Waals surface area contributed by atoms with E-state index in [0.29, 0.717) is 5.39 Å². The fourth-order valence-electron chi connectivity index (χ4n) is 1.80. The molecule has 0 aliphatic rings. The monoisotopic (exact) mass is 305 g/mol. The number of hydrogen-bond acceptors (Lipinski definition) is 2. The Morgan fingerprint density at radius 1 is 1.10 bits per heavy atom. The molecule has 2 aromatic rings. The molecular formula is C14H12F5NO. The first-order valence-electron chi connectivity index (χ1n) is 6.20. The van der Waals surface area contributed by atoms with Crippen molar-refractivity contribution in [1.29, 1.82) is 0 Å². The first-order chi connectivity index (χ1) is 9.73. The van der Waals surface area contributed by atoms with Crippen LogP contribution in [-0.2, 0) is 17.5 Å². The van der Waals surface area contributed by atoms with Gasteiger partial charge in [-0.05, 0) is 17.7 Å². The summed E-state index contributed by atoms with van der Waals surface area (Å²) in [6.07, 6.45) is -8.57. The van der Waals surface area contributed by atoms with E-state index >= 15 is 0 Å². The molecule has 0 aliphatic carbocycles. The molecule has 114 valence electrons. The number of alkyl halides is 5. The summed E-state index contributed by atoms with van der Waals surface area (Å²) in [4.78, 5) is 3.50. The smallest absolute Gasteiger partial charge is 0.316 e. The van der Waals surface area contributed by atoms with Gasteiger partial charge in [0.05, 0.1) is 12.1 Å². The summed E-state index contributed by atoms with van der Waals surface area (Å²) in [6.45, 7) is 0.610. The predicted molar refractivity (Wildman–Crippen MR) is 66.8 cm³/mol. The first kappa shape index (κ1) is 15.6. The van der Waals surface area contributed by atoms with Crippen LogP contribution in [0.5, 0.6) is 0 Å². The lowest BCUT2D eigenvalue weighted by Gasteiger charge is -2.16. The molecule has 0 unspecified atom stereocenters. The van der Waals surface area contributed by atoms with Gasteiger partial charge in [-0.1, -0.05) is 25.1 Å². The summed E-state index contributed by atoms with van der Waals surface area (Å²) in [5, 5.41) is 0.359. The quantitative estimate of drug-likeness (QED) is 0.759. The van der Waals surface area contributed by atoms with Crippen molar-refractivity contribution < 1.29 is 26.7 Å². The molecule has 0 saturated carbocycles. The van der Waals surface area contributed by atoms with E-state index in [0.717, 1.165) is 6.07 Å². The summed E-state index contributed by atoms with van der Waals surface area (Å²) in [5.41, 5.74) is -1.01. The van der Waals surface area contributed by atoms with Gasteiger partial charge in [0, 0.05) is 11.8 Å². The molecule has 0 atom stereocenters. The Bertz CT molecular complexity index is 639. The highest BCUT2D eigenvalue weighted by Crippen LogP contribution is 2.32. The standard InChI is InChI=1S/C14H12F5NO/c1-2-13(15,16)21-8-9-7-12(14(17,18)19)20-11-6-4-3-5-10(9)11/h3-7H,2,8H2,1H3. The van der Waals surface area contributed by atoms with E-state index in [4.69, 9.17) is 0 Å².